The van der Waals surface area contributed by atoms with E-state index < -0.39 is 0 Å². The Morgan fingerprint density at radius 3 is 2.52 bits per heavy atom. The predicted octanol–water partition coefficient (Wildman–Crippen LogP) is 2.24. The zero-order chi connectivity index (χ0) is 18.4. The van der Waals surface area contributed by atoms with Gasteiger partial charge in [0.05, 0.1) is 12.7 Å². The topological polar surface area (TPSA) is 56.2 Å². The molecule has 142 valence electrons. The molecule has 0 bridgehead atoms. The molecule has 1 aromatic rings. The van der Waals surface area contributed by atoms with Gasteiger partial charge < -0.3 is 14.9 Å². The molecule has 2 rings (SSSR count). The van der Waals surface area contributed by atoms with Crippen molar-refractivity contribution in [1.82, 2.24) is 9.80 Å². The first-order valence-corrected chi connectivity index (χ1v) is 9.42. The smallest absolute Gasteiger partial charge is 0.125 e. The Morgan fingerprint density at radius 1 is 1.16 bits per heavy atom. The molecule has 5 nitrogen and oxygen atoms in total. The summed E-state index contributed by atoms with van der Waals surface area (Å²) in [5.74, 6) is 0.768. The van der Waals surface area contributed by atoms with Gasteiger partial charge in [0.1, 0.15) is 5.75 Å². The number of rotatable bonds is 8. The quantitative estimate of drug-likeness (QED) is 0.753. The Morgan fingerprint density at radius 2 is 1.92 bits per heavy atom. The van der Waals surface area contributed by atoms with Gasteiger partial charge in [-0.3, -0.25) is 9.80 Å². The van der Waals surface area contributed by atoms with Crippen molar-refractivity contribution in [3.63, 3.8) is 0 Å². The van der Waals surface area contributed by atoms with E-state index in [4.69, 9.17) is 4.74 Å². The van der Waals surface area contributed by atoms with Gasteiger partial charge in [0.25, 0.3) is 0 Å². The summed E-state index contributed by atoms with van der Waals surface area (Å²) in [5.41, 5.74) is 2.04. The van der Waals surface area contributed by atoms with E-state index in [1.54, 1.807) is 0 Å². The lowest BCUT2D eigenvalue weighted by molar-refractivity contribution is 0.0349. The van der Waals surface area contributed by atoms with E-state index in [-0.39, 0.29) is 19.3 Å². The summed E-state index contributed by atoms with van der Waals surface area (Å²) in [4.78, 5) is 4.93. The van der Waals surface area contributed by atoms with Crippen LogP contribution in [0, 0.1) is 0 Å². The Bertz CT molecular complexity index is 534. The first-order chi connectivity index (χ1) is 11.9. The molecule has 5 heteroatoms. The van der Waals surface area contributed by atoms with Gasteiger partial charge in [-0.15, -0.1) is 0 Å². The van der Waals surface area contributed by atoms with Crippen LogP contribution in [0.2, 0.25) is 0 Å². The van der Waals surface area contributed by atoms with E-state index in [0.717, 1.165) is 43.9 Å². The number of aliphatic hydroxyl groups excluding tert-OH is 2. The van der Waals surface area contributed by atoms with Gasteiger partial charge in [-0.05, 0) is 51.8 Å². The minimum atomic E-state index is -0.00976. The van der Waals surface area contributed by atoms with E-state index in [0.29, 0.717) is 12.1 Å². The van der Waals surface area contributed by atoms with Crippen molar-refractivity contribution in [1.29, 1.82) is 0 Å². The van der Waals surface area contributed by atoms with Gasteiger partial charge in [0.15, 0.2) is 0 Å². The molecule has 0 amide bonds. The number of benzene rings is 1. The zero-order valence-electron chi connectivity index (χ0n) is 16.1. The predicted molar refractivity (Wildman–Crippen MR) is 101 cm³/mol. The Hall–Kier alpha value is -1.14. The third-order valence-corrected chi connectivity index (χ3v) is 4.80. The van der Waals surface area contributed by atoms with Crippen LogP contribution in [0.15, 0.2) is 18.2 Å². The van der Waals surface area contributed by atoms with Crippen molar-refractivity contribution in [3.05, 3.63) is 29.3 Å². The van der Waals surface area contributed by atoms with Gasteiger partial charge in [0.2, 0.25) is 0 Å². The highest BCUT2D eigenvalue weighted by Crippen LogP contribution is 2.24. The van der Waals surface area contributed by atoms with Gasteiger partial charge in [-0.2, -0.15) is 0 Å². The van der Waals surface area contributed by atoms with Crippen LogP contribution in [-0.2, 0) is 13.2 Å². The van der Waals surface area contributed by atoms with Crippen LogP contribution in [0.5, 0.6) is 5.75 Å². The zero-order valence-corrected chi connectivity index (χ0v) is 16.1. The third kappa shape index (κ3) is 5.68. The summed E-state index contributed by atoms with van der Waals surface area (Å²) in [6.45, 7) is 12.5. The monoisotopic (exact) mass is 350 g/mol. The van der Waals surface area contributed by atoms with Crippen LogP contribution in [0.3, 0.4) is 0 Å². The normalized spacial score (nSPS) is 19.8. The number of ether oxygens (including phenoxy) is 1. The number of piperazine rings is 1. The molecule has 0 aromatic heterocycles. The standard InChI is InChI=1S/C20H34N2O3/c1-15(2)22-9-8-21(13-19(22)7-10-23)12-17-5-6-20(25-16(3)4)18(11-17)14-24/h5-6,11,15-16,19,23-24H,7-10,12-14H2,1-4H3/t19-/m0/s1. The molecule has 1 atom stereocenters. The lowest BCUT2D eigenvalue weighted by atomic mass is 10.0. The van der Waals surface area contributed by atoms with E-state index in [1.807, 2.05) is 26.0 Å². The summed E-state index contributed by atoms with van der Waals surface area (Å²) in [6.07, 6.45) is 0.914. The molecule has 1 aromatic carbocycles. The van der Waals surface area contributed by atoms with Gasteiger partial charge in [0, 0.05) is 50.4 Å². The molecule has 1 aliphatic heterocycles. The van der Waals surface area contributed by atoms with Gasteiger partial charge in [-0.25, -0.2) is 0 Å². The first-order valence-electron chi connectivity index (χ1n) is 9.42. The largest absolute Gasteiger partial charge is 0.491 e. The van der Waals surface area contributed by atoms with Crippen molar-refractivity contribution in [3.8, 4) is 5.75 Å². The van der Waals surface area contributed by atoms with Crippen molar-refractivity contribution < 1.29 is 14.9 Å². The van der Waals surface area contributed by atoms with E-state index >= 15 is 0 Å². The maximum Gasteiger partial charge on any atom is 0.125 e. The molecule has 1 heterocycles. The van der Waals surface area contributed by atoms with Crippen LogP contribution in [0.4, 0.5) is 0 Å². The fourth-order valence-corrected chi connectivity index (χ4v) is 3.65. The SMILES string of the molecule is CC(C)Oc1ccc(CN2CCN(C(C)C)[C@@H](CCO)C2)cc1CO. The number of aliphatic hydroxyl groups is 2. The maximum atomic E-state index is 9.64. The van der Waals surface area contributed by atoms with Crippen LogP contribution >= 0.6 is 0 Å². The highest BCUT2D eigenvalue weighted by molar-refractivity contribution is 5.37. The molecule has 0 radical (unpaired) electrons. The summed E-state index contributed by atoms with van der Waals surface area (Å²) in [7, 11) is 0. The molecule has 0 aliphatic carbocycles. The van der Waals surface area contributed by atoms with Crippen molar-refractivity contribution in [2.45, 2.75) is 65.5 Å². The van der Waals surface area contributed by atoms with E-state index in [1.165, 1.54) is 5.56 Å². The lowest BCUT2D eigenvalue weighted by Crippen LogP contribution is -2.55. The van der Waals surface area contributed by atoms with Crippen molar-refractivity contribution in [2.75, 3.05) is 26.2 Å². The Balaban J connectivity index is 2.04. The molecular formula is C20H34N2O3. The summed E-state index contributed by atoms with van der Waals surface area (Å²) in [5, 5.41) is 19.0. The molecule has 1 aliphatic rings. The van der Waals surface area contributed by atoms with Crippen LogP contribution in [0.25, 0.3) is 0 Å². The second-order valence-electron chi connectivity index (χ2n) is 7.50. The van der Waals surface area contributed by atoms with Gasteiger partial charge >= 0.3 is 0 Å². The van der Waals surface area contributed by atoms with Crippen LogP contribution < -0.4 is 4.74 Å². The molecule has 25 heavy (non-hydrogen) atoms. The third-order valence-electron chi connectivity index (χ3n) is 4.80. The van der Waals surface area contributed by atoms with Crippen LogP contribution in [0.1, 0.15) is 45.2 Å². The Kier molecular flexibility index (Phi) is 7.69. The summed E-state index contributed by atoms with van der Waals surface area (Å²) < 4.78 is 5.76. The number of hydrogen-bond donors (Lipinski definition) is 2. The summed E-state index contributed by atoms with van der Waals surface area (Å²) >= 11 is 0. The molecule has 0 unspecified atom stereocenters. The first kappa shape index (κ1) is 20.2. The fraction of sp³-hybridized carbons (Fsp3) is 0.700. The summed E-state index contributed by atoms with van der Waals surface area (Å²) in [6, 6.07) is 7.02. The molecular weight excluding hydrogens is 316 g/mol. The lowest BCUT2D eigenvalue weighted by Gasteiger charge is -2.43. The van der Waals surface area contributed by atoms with Gasteiger partial charge in [-0.1, -0.05) is 6.07 Å². The second-order valence-corrected chi connectivity index (χ2v) is 7.50. The van der Waals surface area contributed by atoms with Crippen molar-refractivity contribution >= 4 is 0 Å². The fourth-order valence-electron chi connectivity index (χ4n) is 3.65. The maximum absolute atomic E-state index is 9.64. The minimum Gasteiger partial charge on any atom is -0.491 e. The minimum absolute atomic E-state index is 0.00976. The highest BCUT2D eigenvalue weighted by Gasteiger charge is 2.28. The average Bonchev–Trinajstić information content (AvgIpc) is 2.56. The number of hydrogen-bond acceptors (Lipinski definition) is 5. The molecule has 2 N–H and O–H groups in total. The van der Waals surface area contributed by atoms with Crippen molar-refractivity contribution in [2.24, 2.45) is 0 Å². The van der Waals surface area contributed by atoms with E-state index in [9.17, 15) is 10.2 Å². The van der Waals surface area contributed by atoms with Crippen LogP contribution in [-0.4, -0.2) is 64.4 Å². The Labute approximate surface area is 152 Å². The van der Waals surface area contributed by atoms with E-state index in [2.05, 4.69) is 29.7 Å². The highest BCUT2D eigenvalue weighted by atomic mass is 16.5. The molecule has 0 spiro atoms. The molecule has 1 saturated heterocycles. The molecule has 1 fully saturated rings. The number of nitrogens with zero attached hydrogens (tertiary/aromatic N) is 2. The second kappa shape index (κ2) is 9.53. The molecule has 0 saturated carbocycles. The average molecular weight is 351 g/mol.